The van der Waals surface area contributed by atoms with E-state index in [0.717, 1.165) is 58.5 Å². The minimum atomic E-state index is 0.322. The van der Waals surface area contributed by atoms with Gasteiger partial charge in [-0.3, -0.25) is 14.6 Å². The summed E-state index contributed by atoms with van der Waals surface area (Å²) < 4.78 is 0. The third kappa shape index (κ3) is 4.55. The molecule has 2 aliphatic heterocycles. The number of thiazole rings is 1. The Kier molecular flexibility index (Phi) is 6.25. The van der Waals surface area contributed by atoms with E-state index >= 15 is 0 Å². The first-order valence-electron chi connectivity index (χ1n) is 9.33. The van der Waals surface area contributed by atoms with Crippen LogP contribution in [0.25, 0.3) is 0 Å². The Morgan fingerprint density at radius 3 is 2.62 bits per heavy atom. The average molecular weight is 351 g/mol. The Bertz CT molecular complexity index is 539. The van der Waals surface area contributed by atoms with Gasteiger partial charge in [0.1, 0.15) is 0 Å². The van der Waals surface area contributed by atoms with Crippen molar-refractivity contribution < 1.29 is 4.79 Å². The first-order valence-corrected chi connectivity index (χ1v) is 10.2. The number of piperidine rings is 1. The number of amides is 1. The molecule has 3 heterocycles. The van der Waals surface area contributed by atoms with Crippen LogP contribution in [-0.4, -0.2) is 70.9 Å². The molecule has 0 N–H and O–H groups in total. The van der Waals surface area contributed by atoms with Gasteiger partial charge in [0.2, 0.25) is 5.91 Å². The van der Waals surface area contributed by atoms with E-state index in [1.165, 1.54) is 17.1 Å². The number of carbonyl (C=O) groups excluding carboxylic acids is 1. The van der Waals surface area contributed by atoms with Gasteiger partial charge < -0.3 is 4.90 Å². The summed E-state index contributed by atoms with van der Waals surface area (Å²) in [6.45, 7) is 10.9. The summed E-state index contributed by atoms with van der Waals surface area (Å²) >= 11 is 1.76. The zero-order chi connectivity index (χ0) is 16.9. The molecule has 1 amide bonds. The first kappa shape index (κ1) is 17.8. The lowest BCUT2D eigenvalue weighted by Gasteiger charge is -2.37. The molecule has 2 fully saturated rings. The molecular weight excluding hydrogens is 320 g/mol. The first-order chi connectivity index (χ1) is 11.7. The average Bonchev–Trinajstić information content (AvgIpc) is 3.04. The number of rotatable bonds is 5. The van der Waals surface area contributed by atoms with E-state index in [1.807, 2.05) is 0 Å². The molecule has 0 aromatic carbocycles. The summed E-state index contributed by atoms with van der Waals surface area (Å²) in [5, 5.41) is 3.41. The maximum Gasteiger partial charge on any atom is 0.236 e. The monoisotopic (exact) mass is 350 g/mol. The summed E-state index contributed by atoms with van der Waals surface area (Å²) in [5.41, 5.74) is 1.20. The lowest BCUT2D eigenvalue weighted by atomic mass is 10.0. The fourth-order valence-electron chi connectivity index (χ4n) is 3.67. The zero-order valence-electron chi connectivity index (χ0n) is 15.0. The molecule has 2 saturated heterocycles. The highest BCUT2D eigenvalue weighted by Crippen LogP contribution is 2.17. The number of aryl methyl sites for hydroxylation is 1. The molecule has 5 nitrogen and oxygen atoms in total. The molecule has 1 aromatic heterocycles. The van der Waals surface area contributed by atoms with Crippen LogP contribution in [0.5, 0.6) is 0 Å². The second-order valence-corrected chi connectivity index (χ2v) is 8.01. The van der Waals surface area contributed by atoms with Crippen LogP contribution in [0, 0.1) is 0 Å². The van der Waals surface area contributed by atoms with E-state index in [4.69, 9.17) is 0 Å². The normalized spacial score (nSPS) is 23.6. The number of piperazine rings is 1. The summed E-state index contributed by atoms with van der Waals surface area (Å²) in [4.78, 5) is 24.1. The fraction of sp³-hybridized carbons (Fsp3) is 0.778. The van der Waals surface area contributed by atoms with E-state index in [1.54, 1.807) is 11.3 Å². The SMILES string of the molecule is CCc1nc(CN2CCN(CC(=O)N3CCCCC3C)CC2)cs1. The van der Waals surface area contributed by atoms with Gasteiger partial charge in [0.25, 0.3) is 0 Å². The third-order valence-corrected chi connectivity index (χ3v) is 6.28. The molecule has 0 aliphatic carbocycles. The summed E-state index contributed by atoms with van der Waals surface area (Å²) in [6.07, 6.45) is 4.61. The summed E-state index contributed by atoms with van der Waals surface area (Å²) in [6, 6.07) is 0.421. The summed E-state index contributed by atoms with van der Waals surface area (Å²) in [7, 11) is 0. The van der Waals surface area contributed by atoms with Crippen LogP contribution in [0.15, 0.2) is 5.38 Å². The van der Waals surface area contributed by atoms with Crippen LogP contribution >= 0.6 is 11.3 Å². The molecule has 1 aromatic rings. The van der Waals surface area contributed by atoms with Gasteiger partial charge >= 0.3 is 0 Å². The predicted octanol–water partition coefficient (Wildman–Crippen LogP) is 2.22. The largest absolute Gasteiger partial charge is 0.339 e. The predicted molar refractivity (Wildman–Crippen MR) is 98.2 cm³/mol. The zero-order valence-corrected chi connectivity index (χ0v) is 15.9. The van der Waals surface area contributed by atoms with Crippen LogP contribution < -0.4 is 0 Å². The molecular formula is C18H30N4OS. The van der Waals surface area contributed by atoms with Crippen molar-refractivity contribution in [3.63, 3.8) is 0 Å². The second kappa shape index (κ2) is 8.41. The number of carbonyl (C=O) groups is 1. The van der Waals surface area contributed by atoms with Crippen LogP contribution in [0.2, 0.25) is 0 Å². The molecule has 0 bridgehead atoms. The topological polar surface area (TPSA) is 39.7 Å². The van der Waals surface area contributed by atoms with Crippen molar-refractivity contribution in [2.75, 3.05) is 39.3 Å². The fourth-order valence-corrected chi connectivity index (χ4v) is 4.41. The molecule has 3 rings (SSSR count). The van der Waals surface area contributed by atoms with Crippen molar-refractivity contribution in [1.82, 2.24) is 19.7 Å². The van der Waals surface area contributed by atoms with Gasteiger partial charge in [-0.05, 0) is 32.6 Å². The smallest absolute Gasteiger partial charge is 0.236 e. The number of hydrogen-bond acceptors (Lipinski definition) is 5. The Hall–Kier alpha value is -0.980. The Balaban J connectivity index is 1.42. The van der Waals surface area contributed by atoms with Crippen LogP contribution in [0.4, 0.5) is 0 Å². The van der Waals surface area contributed by atoms with Gasteiger partial charge in [-0.1, -0.05) is 6.92 Å². The van der Waals surface area contributed by atoms with Gasteiger partial charge in [-0.25, -0.2) is 4.98 Å². The highest BCUT2D eigenvalue weighted by atomic mass is 32.1. The van der Waals surface area contributed by atoms with Crippen molar-refractivity contribution in [3.05, 3.63) is 16.1 Å². The number of likely N-dealkylation sites (tertiary alicyclic amines) is 1. The van der Waals surface area contributed by atoms with E-state index in [0.29, 0.717) is 18.5 Å². The maximum absolute atomic E-state index is 12.5. The Morgan fingerprint density at radius 2 is 1.96 bits per heavy atom. The van der Waals surface area contributed by atoms with E-state index in [9.17, 15) is 4.79 Å². The van der Waals surface area contributed by atoms with Gasteiger partial charge in [0, 0.05) is 50.7 Å². The van der Waals surface area contributed by atoms with E-state index in [2.05, 4.69) is 38.9 Å². The Labute approximate surface area is 149 Å². The molecule has 0 radical (unpaired) electrons. The molecule has 6 heteroatoms. The van der Waals surface area contributed by atoms with Crippen molar-refractivity contribution in [2.24, 2.45) is 0 Å². The highest BCUT2D eigenvalue weighted by molar-refractivity contribution is 7.09. The molecule has 24 heavy (non-hydrogen) atoms. The number of nitrogens with zero attached hydrogens (tertiary/aromatic N) is 4. The molecule has 1 unspecified atom stereocenters. The van der Waals surface area contributed by atoms with Gasteiger partial charge in [-0.2, -0.15) is 0 Å². The summed E-state index contributed by atoms with van der Waals surface area (Å²) in [5.74, 6) is 0.322. The van der Waals surface area contributed by atoms with Crippen LogP contribution in [0.1, 0.15) is 43.8 Å². The standard InChI is InChI=1S/C18H30N4OS/c1-3-17-19-16(14-24-17)12-20-8-10-21(11-9-20)13-18(23)22-7-5-4-6-15(22)2/h14-15H,3-13H2,1-2H3. The quantitative estimate of drug-likeness (QED) is 0.816. The van der Waals surface area contributed by atoms with Crippen molar-refractivity contribution in [2.45, 2.75) is 52.1 Å². The molecule has 134 valence electrons. The van der Waals surface area contributed by atoms with Gasteiger partial charge in [0.15, 0.2) is 0 Å². The highest BCUT2D eigenvalue weighted by Gasteiger charge is 2.26. The lowest BCUT2D eigenvalue weighted by molar-refractivity contribution is -0.136. The van der Waals surface area contributed by atoms with Crippen molar-refractivity contribution in [3.8, 4) is 0 Å². The van der Waals surface area contributed by atoms with E-state index in [-0.39, 0.29) is 0 Å². The lowest BCUT2D eigenvalue weighted by Crippen LogP contribution is -2.51. The van der Waals surface area contributed by atoms with Crippen molar-refractivity contribution in [1.29, 1.82) is 0 Å². The number of aromatic nitrogens is 1. The van der Waals surface area contributed by atoms with Gasteiger partial charge in [-0.15, -0.1) is 11.3 Å². The van der Waals surface area contributed by atoms with Crippen LogP contribution in [0.3, 0.4) is 0 Å². The molecule has 0 spiro atoms. The van der Waals surface area contributed by atoms with Crippen molar-refractivity contribution >= 4 is 17.2 Å². The second-order valence-electron chi connectivity index (χ2n) is 7.07. The minimum absolute atomic E-state index is 0.322. The third-order valence-electron chi connectivity index (χ3n) is 5.23. The van der Waals surface area contributed by atoms with Gasteiger partial charge in [0.05, 0.1) is 17.2 Å². The maximum atomic E-state index is 12.5. The molecule has 0 saturated carbocycles. The molecule has 2 aliphatic rings. The van der Waals surface area contributed by atoms with Crippen LogP contribution in [-0.2, 0) is 17.8 Å². The minimum Gasteiger partial charge on any atom is -0.339 e. The Morgan fingerprint density at radius 1 is 1.21 bits per heavy atom. The van der Waals surface area contributed by atoms with E-state index < -0.39 is 0 Å². The number of hydrogen-bond donors (Lipinski definition) is 0. The molecule has 1 atom stereocenters.